The van der Waals surface area contributed by atoms with Crippen LogP contribution in [-0.4, -0.2) is 36.4 Å². The maximum Gasteiger partial charge on any atom is 0.410 e. The van der Waals surface area contributed by atoms with E-state index in [1.807, 2.05) is 25.7 Å². The van der Waals surface area contributed by atoms with E-state index in [0.717, 1.165) is 36.1 Å². The van der Waals surface area contributed by atoms with Crippen LogP contribution in [0.3, 0.4) is 0 Å². The third kappa shape index (κ3) is 7.46. The van der Waals surface area contributed by atoms with E-state index in [-0.39, 0.29) is 11.5 Å². The quantitative estimate of drug-likeness (QED) is 0.584. The lowest BCUT2D eigenvalue weighted by Crippen LogP contribution is -2.40. The van der Waals surface area contributed by atoms with Crippen molar-refractivity contribution in [3.63, 3.8) is 0 Å². The highest BCUT2D eigenvalue weighted by Crippen LogP contribution is 2.28. The van der Waals surface area contributed by atoms with Crippen LogP contribution in [0.4, 0.5) is 4.79 Å². The lowest BCUT2D eigenvalue weighted by atomic mass is 9.86. The van der Waals surface area contributed by atoms with Crippen LogP contribution in [0.15, 0.2) is 22.7 Å². The SMILES string of the molecule is CC(C)(C)OC(=O)N(Cc1cc(Br)cc(C(C)(C)C)c1)CC1CCOCC1. The molecule has 0 saturated carbocycles. The molecule has 0 radical (unpaired) electrons. The number of hydrogen-bond acceptors (Lipinski definition) is 3. The van der Waals surface area contributed by atoms with Crippen LogP contribution in [0, 0.1) is 5.92 Å². The monoisotopic (exact) mass is 439 g/mol. The molecule has 1 aromatic carbocycles. The summed E-state index contributed by atoms with van der Waals surface area (Å²) in [5.74, 6) is 0.459. The molecule has 5 heteroatoms. The van der Waals surface area contributed by atoms with Crippen LogP contribution >= 0.6 is 15.9 Å². The van der Waals surface area contributed by atoms with Gasteiger partial charge in [0.2, 0.25) is 0 Å². The van der Waals surface area contributed by atoms with Gasteiger partial charge in [0.05, 0.1) is 0 Å². The molecule has 1 aliphatic heterocycles. The first kappa shape index (κ1) is 22.2. The van der Waals surface area contributed by atoms with E-state index in [0.29, 0.717) is 19.0 Å². The molecule has 1 fully saturated rings. The first-order chi connectivity index (χ1) is 12.4. The van der Waals surface area contributed by atoms with Gasteiger partial charge in [0.15, 0.2) is 0 Å². The molecule has 0 aliphatic carbocycles. The molecule has 0 bridgehead atoms. The zero-order valence-electron chi connectivity index (χ0n) is 17.6. The molecule has 0 aromatic heterocycles. The summed E-state index contributed by atoms with van der Waals surface area (Å²) in [5, 5.41) is 0. The highest BCUT2D eigenvalue weighted by atomic mass is 79.9. The van der Waals surface area contributed by atoms with E-state index < -0.39 is 5.60 Å². The van der Waals surface area contributed by atoms with Crippen molar-refractivity contribution in [2.24, 2.45) is 5.92 Å². The Hall–Kier alpha value is -1.07. The van der Waals surface area contributed by atoms with Gasteiger partial charge >= 0.3 is 6.09 Å². The highest BCUT2D eigenvalue weighted by Gasteiger charge is 2.26. The number of nitrogens with zero attached hydrogens (tertiary/aromatic N) is 1. The van der Waals surface area contributed by atoms with Gasteiger partial charge in [0.1, 0.15) is 5.60 Å². The molecule has 0 unspecified atom stereocenters. The molecule has 27 heavy (non-hydrogen) atoms. The second kappa shape index (κ2) is 8.95. The predicted octanol–water partition coefficient (Wildman–Crippen LogP) is 5.91. The molecule has 1 heterocycles. The number of carbonyl (C=O) groups is 1. The zero-order valence-corrected chi connectivity index (χ0v) is 19.2. The summed E-state index contributed by atoms with van der Waals surface area (Å²) in [6, 6.07) is 6.45. The standard InChI is InChI=1S/C22H34BrNO3/c1-21(2,3)18-11-17(12-19(23)13-18)15-24(20(25)27-22(4,5)6)14-16-7-9-26-10-8-16/h11-13,16H,7-10,14-15H2,1-6H3. The second-order valence-corrected chi connectivity index (χ2v) is 10.4. The van der Waals surface area contributed by atoms with E-state index in [4.69, 9.17) is 9.47 Å². The Morgan fingerprint density at radius 1 is 1.15 bits per heavy atom. The van der Waals surface area contributed by atoms with E-state index in [9.17, 15) is 4.79 Å². The summed E-state index contributed by atoms with van der Waals surface area (Å²) in [6.07, 6.45) is 1.74. The molecule has 0 spiro atoms. The van der Waals surface area contributed by atoms with Crippen LogP contribution in [0.25, 0.3) is 0 Å². The molecule has 4 nitrogen and oxygen atoms in total. The molecule has 152 valence electrons. The number of amides is 1. The first-order valence-corrected chi connectivity index (χ1v) is 10.6. The van der Waals surface area contributed by atoms with Crippen LogP contribution in [0.5, 0.6) is 0 Å². The molecular formula is C22H34BrNO3. The van der Waals surface area contributed by atoms with Crippen molar-refractivity contribution in [2.75, 3.05) is 19.8 Å². The summed E-state index contributed by atoms with van der Waals surface area (Å²) in [4.78, 5) is 14.7. The normalized spacial score (nSPS) is 16.3. The van der Waals surface area contributed by atoms with Crippen molar-refractivity contribution in [3.05, 3.63) is 33.8 Å². The maximum absolute atomic E-state index is 12.9. The molecule has 1 aromatic rings. The number of halogens is 1. The largest absolute Gasteiger partial charge is 0.444 e. The van der Waals surface area contributed by atoms with Crippen LogP contribution < -0.4 is 0 Å². The second-order valence-electron chi connectivity index (χ2n) is 9.51. The zero-order chi connectivity index (χ0) is 20.2. The Labute approximate surface area is 172 Å². The van der Waals surface area contributed by atoms with Gasteiger partial charge in [-0.25, -0.2) is 4.79 Å². The van der Waals surface area contributed by atoms with Gasteiger partial charge in [0.25, 0.3) is 0 Å². The average Bonchev–Trinajstić information content (AvgIpc) is 2.52. The Morgan fingerprint density at radius 2 is 1.78 bits per heavy atom. The van der Waals surface area contributed by atoms with Gasteiger partial charge in [-0.05, 0) is 68.2 Å². The minimum Gasteiger partial charge on any atom is -0.444 e. The number of carbonyl (C=O) groups excluding carboxylic acids is 1. The van der Waals surface area contributed by atoms with E-state index in [2.05, 4.69) is 54.9 Å². The van der Waals surface area contributed by atoms with E-state index in [1.54, 1.807) is 0 Å². The summed E-state index contributed by atoms with van der Waals surface area (Å²) in [7, 11) is 0. The lowest BCUT2D eigenvalue weighted by Gasteiger charge is -2.32. The lowest BCUT2D eigenvalue weighted by molar-refractivity contribution is 0.0104. The average molecular weight is 440 g/mol. The fourth-order valence-corrected chi connectivity index (χ4v) is 3.71. The van der Waals surface area contributed by atoms with Crippen molar-refractivity contribution in [2.45, 2.75) is 71.9 Å². The summed E-state index contributed by atoms with van der Waals surface area (Å²) in [6.45, 7) is 15.1. The summed E-state index contributed by atoms with van der Waals surface area (Å²) >= 11 is 3.63. The van der Waals surface area contributed by atoms with Crippen molar-refractivity contribution >= 4 is 22.0 Å². The fourth-order valence-electron chi connectivity index (χ4n) is 3.17. The van der Waals surface area contributed by atoms with Crippen molar-refractivity contribution in [3.8, 4) is 0 Å². The molecule has 1 amide bonds. The van der Waals surface area contributed by atoms with Crippen molar-refractivity contribution in [1.29, 1.82) is 0 Å². The predicted molar refractivity (Wildman–Crippen MR) is 113 cm³/mol. The molecule has 2 rings (SSSR count). The topological polar surface area (TPSA) is 38.8 Å². The third-order valence-electron chi connectivity index (χ3n) is 4.67. The van der Waals surface area contributed by atoms with Crippen molar-refractivity contribution < 1.29 is 14.3 Å². The van der Waals surface area contributed by atoms with E-state index in [1.165, 1.54) is 5.56 Å². The molecule has 0 atom stereocenters. The van der Waals surface area contributed by atoms with Gasteiger partial charge in [0, 0.05) is 30.8 Å². The highest BCUT2D eigenvalue weighted by molar-refractivity contribution is 9.10. The van der Waals surface area contributed by atoms with Crippen LogP contribution in [0.1, 0.15) is 65.5 Å². The van der Waals surface area contributed by atoms with Gasteiger partial charge in [-0.3, -0.25) is 0 Å². The summed E-state index contributed by atoms with van der Waals surface area (Å²) < 4.78 is 12.2. The fraction of sp³-hybridized carbons (Fsp3) is 0.682. The number of hydrogen-bond donors (Lipinski definition) is 0. The van der Waals surface area contributed by atoms with E-state index >= 15 is 0 Å². The minimum atomic E-state index is -0.501. The minimum absolute atomic E-state index is 0.0516. The Kier molecular flexibility index (Phi) is 7.37. The number of benzene rings is 1. The van der Waals surface area contributed by atoms with Gasteiger partial charge < -0.3 is 14.4 Å². The first-order valence-electron chi connectivity index (χ1n) is 9.80. The Balaban J connectivity index is 2.22. The number of rotatable bonds is 4. The van der Waals surface area contributed by atoms with Gasteiger partial charge in [-0.1, -0.05) is 42.8 Å². The Bertz CT molecular complexity index is 640. The van der Waals surface area contributed by atoms with Gasteiger partial charge in [-0.2, -0.15) is 0 Å². The van der Waals surface area contributed by atoms with Gasteiger partial charge in [-0.15, -0.1) is 0 Å². The third-order valence-corrected chi connectivity index (χ3v) is 5.13. The van der Waals surface area contributed by atoms with Crippen LogP contribution in [0.2, 0.25) is 0 Å². The summed E-state index contributed by atoms with van der Waals surface area (Å²) in [5.41, 5.74) is 1.92. The molecular weight excluding hydrogens is 406 g/mol. The molecule has 1 aliphatic rings. The molecule has 0 N–H and O–H groups in total. The number of ether oxygens (including phenoxy) is 2. The smallest absolute Gasteiger partial charge is 0.410 e. The molecule has 1 saturated heterocycles. The van der Waals surface area contributed by atoms with Crippen molar-refractivity contribution in [1.82, 2.24) is 4.90 Å². The van der Waals surface area contributed by atoms with Crippen LogP contribution in [-0.2, 0) is 21.4 Å². The Morgan fingerprint density at radius 3 is 2.33 bits per heavy atom. The maximum atomic E-state index is 12.9.